The molecular weight excluding hydrogens is 256 g/mol. The minimum Gasteiger partial charge on any atom is -0.497 e. The number of carbonyl (C=O) groups excluding carboxylic acids is 1. The van der Waals surface area contributed by atoms with Crippen LogP contribution >= 0.6 is 0 Å². The van der Waals surface area contributed by atoms with Crippen molar-refractivity contribution >= 4 is 5.91 Å². The molecule has 0 atom stereocenters. The Labute approximate surface area is 116 Å². The predicted octanol–water partition coefficient (Wildman–Crippen LogP) is 1.62. The van der Waals surface area contributed by atoms with Gasteiger partial charge in [0.05, 0.1) is 7.11 Å². The molecule has 1 amide bonds. The van der Waals surface area contributed by atoms with Gasteiger partial charge < -0.3 is 10.1 Å². The van der Waals surface area contributed by atoms with Crippen molar-refractivity contribution in [1.29, 1.82) is 0 Å². The molecule has 3 rings (SSSR count). The molecule has 0 unspecified atom stereocenters. The number of benzene rings is 1. The summed E-state index contributed by atoms with van der Waals surface area (Å²) >= 11 is 0. The number of ether oxygens (including phenoxy) is 1. The third kappa shape index (κ3) is 2.79. The number of carbonyl (C=O) groups is 1. The molecule has 0 bridgehead atoms. The molecule has 0 radical (unpaired) electrons. The summed E-state index contributed by atoms with van der Waals surface area (Å²) in [5.41, 5.74) is 0.997. The van der Waals surface area contributed by atoms with Crippen LogP contribution in [0.15, 0.2) is 24.3 Å². The average Bonchev–Trinajstić information content (AvgIpc) is 3.22. The van der Waals surface area contributed by atoms with E-state index in [1.807, 2.05) is 24.3 Å². The maximum absolute atomic E-state index is 11.9. The average molecular weight is 272 g/mol. The fourth-order valence-electron chi connectivity index (χ4n) is 1.92. The molecule has 6 nitrogen and oxygen atoms in total. The van der Waals surface area contributed by atoms with Gasteiger partial charge in [0.15, 0.2) is 0 Å². The van der Waals surface area contributed by atoms with Gasteiger partial charge in [-0.05, 0) is 30.5 Å². The first kappa shape index (κ1) is 12.7. The molecule has 1 aliphatic rings. The zero-order valence-corrected chi connectivity index (χ0v) is 11.2. The summed E-state index contributed by atoms with van der Waals surface area (Å²) in [4.78, 5) is 16.1. The van der Waals surface area contributed by atoms with E-state index in [-0.39, 0.29) is 11.7 Å². The van der Waals surface area contributed by atoms with E-state index in [0.29, 0.717) is 12.5 Å². The molecule has 1 aromatic carbocycles. The van der Waals surface area contributed by atoms with Crippen molar-refractivity contribution in [2.45, 2.75) is 25.3 Å². The van der Waals surface area contributed by atoms with Crippen molar-refractivity contribution in [2.24, 2.45) is 0 Å². The second kappa shape index (κ2) is 5.32. The lowest BCUT2D eigenvalue weighted by Crippen LogP contribution is -2.24. The van der Waals surface area contributed by atoms with Gasteiger partial charge in [0.1, 0.15) is 11.6 Å². The molecular formula is C14H16N4O2. The topological polar surface area (TPSA) is 79.9 Å². The van der Waals surface area contributed by atoms with Crippen molar-refractivity contribution in [1.82, 2.24) is 20.5 Å². The monoisotopic (exact) mass is 272 g/mol. The van der Waals surface area contributed by atoms with Gasteiger partial charge in [-0.25, -0.2) is 4.98 Å². The fraction of sp³-hybridized carbons (Fsp3) is 0.357. The third-order valence-corrected chi connectivity index (χ3v) is 3.28. The van der Waals surface area contributed by atoms with Gasteiger partial charge in [0, 0.05) is 12.5 Å². The van der Waals surface area contributed by atoms with Crippen molar-refractivity contribution in [3.63, 3.8) is 0 Å². The minimum absolute atomic E-state index is 0.209. The highest BCUT2D eigenvalue weighted by atomic mass is 16.5. The molecule has 20 heavy (non-hydrogen) atoms. The van der Waals surface area contributed by atoms with E-state index in [4.69, 9.17) is 4.74 Å². The number of amides is 1. The number of rotatable bonds is 5. The highest BCUT2D eigenvalue weighted by Crippen LogP contribution is 2.37. The molecule has 1 saturated carbocycles. The van der Waals surface area contributed by atoms with E-state index in [2.05, 4.69) is 20.5 Å². The van der Waals surface area contributed by atoms with Gasteiger partial charge in [-0.1, -0.05) is 12.1 Å². The summed E-state index contributed by atoms with van der Waals surface area (Å²) < 4.78 is 5.08. The molecule has 1 fully saturated rings. The van der Waals surface area contributed by atoms with Crippen LogP contribution in [0.4, 0.5) is 0 Å². The van der Waals surface area contributed by atoms with Gasteiger partial charge >= 0.3 is 0 Å². The number of aromatic amines is 1. The molecule has 0 saturated heterocycles. The van der Waals surface area contributed by atoms with E-state index < -0.39 is 0 Å². The molecule has 2 aromatic rings. The molecule has 1 aromatic heterocycles. The van der Waals surface area contributed by atoms with Crippen molar-refractivity contribution in [2.75, 3.05) is 7.11 Å². The number of methoxy groups -OCH3 is 1. The quantitative estimate of drug-likeness (QED) is 0.866. The standard InChI is InChI=1S/C14H16N4O2/c1-20-11-6-2-9(3-7-11)8-15-14(19)13-16-12(17-18-13)10-4-5-10/h2-3,6-7,10H,4-5,8H2,1H3,(H,15,19)(H,16,17,18). The van der Waals surface area contributed by atoms with E-state index in [1.165, 1.54) is 0 Å². The lowest BCUT2D eigenvalue weighted by molar-refractivity contribution is 0.0941. The Morgan fingerprint density at radius 2 is 2.15 bits per heavy atom. The lowest BCUT2D eigenvalue weighted by atomic mass is 10.2. The second-order valence-electron chi connectivity index (χ2n) is 4.85. The van der Waals surface area contributed by atoms with E-state index in [9.17, 15) is 4.79 Å². The molecule has 6 heteroatoms. The fourth-order valence-corrected chi connectivity index (χ4v) is 1.92. The maximum atomic E-state index is 11.9. The Bertz CT molecular complexity index is 602. The number of H-pyrrole nitrogens is 1. The summed E-state index contributed by atoms with van der Waals surface area (Å²) in [7, 11) is 1.62. The zero-order chi connectivity index (χ0) is 13.9. The molecule has 1 aliphatic carbocycles. The summed E-state index contributed by atoms with van der Waals surface area (Å²) in [6.45, 7) is 0.441. The van der Waals surface area contributed by atoms with Crippen LogP contribution in [0, 0.1) is 0 Å². The lowest BCUT2D eigenvalue weighted by Gasteiger charge is -2.04. The number of hydrogen-bond acceptors (Lipinski definition) is 4. The second-order valence-corrected chi connectivity index (χ2v) is 4.85. The first-order valence-electron chi connectivity index (χ1n) is 6.59. The van der Waals surface area contributed by atoms with Gasteiger partial charge in [-0.3, -0.25) is 9.89 Å². The number of aromatic nitrogens is 3. The van der Waals surface area contributed by atoms with Crippen LogP contribution in [-0.4, -0.2) is 28.2 Å². The highest BCUT2D eigenvalue weighted by Gasteiger charge is 2.28. The summed E-state index contributed by atoms with van der Waals surface area (Å²) in [6, 6.07) is 7.54. The van der Waals surface area contributed by atoms with Gasteiger partial charge in [0.2, 0.25) is 5.82 Å². The van der Waals surface area contributed by atoms with Crippen LogP contribution < -0.4 is 10.1 Å². The highest BCUT2D eigenvalue weighted by molar-refractivity contribution is 5.90. The van der Waals surface area contributed by atoms with Crippen molar-refractivity contribution in [3.8, 4) is 5.75 Å². The number of nitrogens with one attached hydrogen (secondary N) is 2. The zero-order valence-electron chi connectivity index (χ0n) is 11.2. The summed E-state index contributed by atoms with van der Waals surface area (Å²) in [6.07, 6.45) is 2.25. The third-order valence-electron chi connectivity index (χ3n) is 3.28. The van der Waals surface area contributed by atoms with Gasteiger partial charge in [-0.2, -0.15) is 0 Å². The summed E-state index contributed by atoms with van der Waals surface area (Å²) in [5.74, 6) is 2.03. The van der Waals surface area contributed by atoms with Gasteiger partial charge in [0.25, 0.3) is 5.91 Å². The van der Waals surface area contributed by atoms with Crippen LogP contribution in [0.2, 0.25) is 0 Å². The van der Waals surface area contributed by atoms with Crippen LogP contribution in [0.25, 0.3) is 0 Å². The Morgan fingerprint density at radius 3 is 2.80 bits per heavy atom. The smallest absolute Gasteiger partial charge is 0.291 e. The molecule has 2 N–H and O–H groups in total. The Kier molecular flexibility index (Phi) is 3.37. The molecule has 1 heterocycles. The first-order valence-corrected chi connectivity index (χ1v) is 6.59. The Morgan fingerprint density at radius 1 is 1.40 bits per heavy atom. The van der Waals surface area contributed by atoms with Gasteiger partial charge in [-0.15, -0.1) is 5.10 Å². The van der Waals surface area contributed by atoms with Crippen LogP contribution in [0.5, 0.6) is 5.75 Å². The minimum atomic E-state index is -0.260. The largest absolute Gasteiger partial charge is 0.497 e. The predicted molar refractivity (Wildman–Crippen MR) is 72.5 cm³/mol. The van der Waals surface area contributed by atoms with Crippen LogP contribution in [0.1, 0.15) is 40.8 Å². The van der Waals surface area contributed by atoms with Crippen molar-refractivity contribution in [3.05, 3.63) is 41.5 Å². The number of nitrogens with zero attached hydrogens (tertiary/aromatic N) is 2. The van der Waals surface area contributed by atoms with E-state index in [0.717, 1.165) is 30.0 Å². The SMILES string of the molecule is COc1ccc(CNC(=O)c2n[nH]c(C3CC3)n2)cc1. The maximum Gasteiger partial charge on any atom is 0.291 e. The van der Waals surface area contributed by atoms with E-state index in [1.54, 1.807) is 7.11 Å². The van der Waals surface area contributed by atoms with Crippen LogP contribution in [0.3, 0.4) is 0 Å². The van der Waals surface area contributed by atoms with E-state index >= 15 is 0 Å². The molecule has 104 valence electrons. The molecule has 0 aliphatic heterocycles. The normalized spacial score (nSPS) is 14.1. The Balaban J connectivity index is 1.57. The Hall–Kier alpha value is -2.37. The van der Waals surface area contributed by atoms with Crippen LogP contribution in [-0.2, 0) is 6.54 Å². The first-order chi connectivity index (χ1) is 9.76. The summed E-state index contributed by atoms with van der Waals surface area (Å²) in [5, 5.41) is 9.57. The molecule has 0 spiro atoms. The van der Waals surface area contributed by atoms with Crippen molar-refractivity contribution < 1.29 is 9.53 Å². The number of hydrogen-bond donors (Lipinski definition) is 2.